The predicted molar refractivity (Wildman–Crippen MR) is 91.4 cm³/mol. The Kier molecular flexibility index (Phi) is 5.86. The fraction of sp³-hybridized carbons (Fsp3) is 0.375. The largest absolute Gasteiger partial charge is 0.484 e. The van der Waals surface area contributed by atoms with Crippen LogP contribution in [0.5, 0.6) is 5.75 Å². The summed E-state index contributed by atoms with van der Waals surface area (Å²) < 4.78 is 5.30. The Morgan fingerprint density at radius 1 is 1.42 bits per heavy atom. The zero-order valence-electron chi connectivity index (χ0n) is 13.7. The van der Waals surface area contributed by atoms with Gasteiger partial charge in [-0.25, -0.2) is 4.98 Å². The monoisotopic (exact) mass is 349 g/mol. The second kappa shape index (κ2) is 7.87. The summed E-state index contributed by atoms with van der Waals surface area (Å²) >= 11 is 1.57. The molecule has 1 heterocycles. The van der Waals surface area contributed by atoms with Crippen LogP contribution in [0.25, 0.3) is 0 Å². The zero-order valence-corrected chi connectivity index (χ0v) is 14.5. The minimum Gasteiger partial charge on any atom is -0.484 e. The number of nitrogens with zero attached hydrogens (tertiary/aromatic N) is 2. The van der Waals surface area contributed by atoms with Crippen molar-refractivity contribution in [3.05, 3.63) is 50.5 Å². The van der Waals surface area contributed by atoms with Gasteiger partial charge in [-0.2, -0.15) is 0 Å². The van der Waals surface area contributed by atoms with E-state index in [1.165, 1.54) is 18.2 Å². The third kappa shape index (κ3) is 4.76. The smallest absolute Gasteiger partial charge is 0.273 e. The molecule has 2 aromatic rings. The predicted octanol–water partition coefficient (Wildman–Crippen LogP) is 3.43. The molecule has 0 spiro atoms. The SMILES string of the molecule is CC(C)c1nc([C@H](C)NC(=O)COc2cccc([N+](=O)[O-])c2)cs1. The van der Waals surface area contributed by atoms with E-state index in [1.54, 1.807) is 17.4 Å². The van der Waals surface area contributed by atoms with E-state index in [4.69, 9.17) is 4.74 Å². The zero-order chi connectivity index (χ0) is 17.7. The lowest BCUT2D eigenvalue weighted by Crippen LogP contribution is -2.31. The van der Waals surface area contributed by atoms with Crippen LogP contribution in [0.15, 0.2) is 29.6 Å². The quantitative estimate of drug-likeness (QED) is 0.610. The van der Waals surface area contributed by atoms with Gasteiger partial charge in [-0.1, -0.05) is 19.9 Å². The van der Waals surface area contributed by atoms with Gasteiger partial charge in [0.2, 0.25) is 0 Å². The number of amides is 1. The van der Waals surface area contributed by atoms with Crippen LogP contribution >= 0.6 is 11.3 Å². The fourth-order valence-electron chi connectivity index (χ4n) is 1.96. The van der Waals surface area contributed by atoms with Gasteiger partial charge in [0.25, 0.3) is 11.6 Å². The molecule has 1 amide bonds. The van der Waals surface area contributed by atoms with Crippen molar-refractivity contribution < 1.29 is 14.5 Å². The molecule has 1 aromatic carbocycles. The van der Waals surface area contributed by atoms with E-state index in [9.17, 15) is 14.9 Å². The number of hydrogen-bond donors (Lipinski definition) is 1. The Hall–Kier alpha value is -2.48. The van der Waals surface area contributed by atoms with Crippen molar-refractivity contribution in [1.82, 2.24) is 10.3 Å². The van der Waals surface area contributed by atoms with Crippen LogP contribution in [-0.2, 0) is 4.79 Å². The maximum Gasteiger partial charge on any atom is 0.273 e. The summed E-state index contributed by atoms with van der Waals surface area (Å²) in [4.78, 5) is 26.7. The Morgan fingerprint density at radius 2 is 2.17 bits per heavy atom. The number of rotatable bonds is 7. The van der Waals surface area contributed by atoms with Crippen LogP contribution in [0.1, 0.15) is 43.4 Å². The first-order valence-corrected chi connectivity index (χ1v) is 8.36. The summed E-state index contributed by atoms with van der Waals surface area (Å²) in [6.45, 7) is 5.77. The molecule has 1 N–H and O–H groups in total. The summed E-state index contributed by atoms with van der Waals surface area (Å²) in [7, 11) is 0. The molecule has 8 heteroatoms. The van der Waals surface area contributed by atoms with E-state index in [-0.39, 0.29) is 30.0 Å². The molecule has 0 aliphatic rings. The summed E-state index contributed by atoms with van der Waals surface area (Å²) in [5, 5.41) is 16.5. The number of thiazole rings is 1. The highest BCUT2D eigenvalue weighted by Crippen LogP contribution is 2.23. The molecule has 0 fully saturated rings. The van der Waals surface area contributed by atoms with Crippen molar-refractivity contribution in [2.45, 2.75) is 32.7 Å². The van der Waals surface area contributed by atoms with Gasteiger partial charge in [0.1, 0.15) is 5.75 Å². The van der Waals surface area contributed by atoms with Crippen molar-refractivity contribution in [1.29, 1.82) is 0 Å². The fourth-order valence-corrected chi connectivity index (χ4v) is 2.89. The molecule has 0 aliphatic carbocycles. The number of hydrogen-bond acceptors (Lipinski definition) is 6. The third-order valence-electron chi connectivity index (χ3n) is 3.25. The lowest BCUT2D eigenvalue weighted by molar-refractivity contribution is -0.384. The van der Waals surface area contributed by atoms with Crippen LogP contribution in [0, 0.1) is 10.1 Å². The molecule has 0 radical (unpaired) electrons. The molecule has 1 aromatic heterocycles. The summed E-state index contributed by atoms with van der Waals surface area (Å²) in [6.07, 6.45) is 0. The van der Waals surface area contributed by atoms with Crippen LogP contribution in [0.3, 0.4) is 0 Å². The van der Waals surface area contributed by atoms with Gasteiger partial charge in [0.05, 0.1) is 27.7 Å². The maximum absolute atomic E-state index is 12.0. The average molecular weight is 349 g/mol. The summed E-state index contributed by atoms with van der Waals surface area (Å²) in [6, 6.07) is 5.50. The van der Waals surface area contributed by atoms with Gasteiger partial charge in [-0.15, -0.1) is 11.3 Å². The Bertz CT molecular complexity index is 730. The molecule has 2 rings (SSSR count). The van der Waals surface area contributed by atoms with Crippen molar-refractivity contribution in [3.8, 4) is 5.75 Å². The van der Waals surface area contributed by atoms with Gasteiger partial charge in [-0.3, -0.25) is 14.9 Å². The summed E-state index contributed by atoms with van der Waals surface area (Å²) in [5.41, 5.74) is 0.734. The second-order valence-electron chi connectivity index (χ2n) is 5.60. The maximum atomic E-state index is 12.0. The van der Waals surface area contributed by atoms with Gasteiger partial charge in [-0.05, 0) is 13.0 Å². The van der Waals surface area contributed by atoms with Gasteiger partial charge < -0.3 is 10.1 Å². The normalized spacial score (nSPS) is 12.0. The highest BCUT2D eigenvalue weighted by molar-refractivity contribution is 7.09. The number of nitrogens with one attached hydrogen (secondary N) is 1. The molecule has 24 heavy (non-hydrogen) atoms. The van der Waals surface area contributed by atoms with Gasteiger partial charge >= 0.3 is 0 Å². The Balaban J connectivity index is 1.88. The molecular weight excluding hydrogens is 330 g/mol. The van der Waals surface area contributed by atoms with Crippen LogP contribution in [-0.4, -0.2) is 22.4 Å². The first kappa shape index (κ1) is 17.9. The molecule has 0 unspecified atom stereocenters. The molecular formula is C16H19N3O4S. The second-order valence-corrected chi connectivity index (χ2v) is 6.49. The van der Waals surface area contributed by atoms with Crippen molar-refractivity contribution in [2.24, 2.45) is 0 Å². The number of nitro groups is 1. The van der Waals surface area contributed by atoms with Gasteiger partial charge in [0, 0.05) is 17.4 Å². The molecule has 1 atom stereocenters. The highest BCUT2D eigenvalue weighted by Gasteiger charge is 2.15. The number of ether oxygens (including phenoxy) is 1. The van der Waals surface area contributed by atoms with Crippen LogP contribution in [0.2, 0.25) is 0 Å². The lowest BCUT2D eigenvalue weighted by Gasteiger charge is -2.12. The first-order valence-electron chi connectivity index (χ1n) is 7.48. The van der Waals surface area contributed by atoms with E-state index in [1.807, 2.05) is 12.3 Å². The highest BCUT2D eigenvalue weighted by atomic mass is 32.1. The molecule has 0 aliphatic heterocycles. The average Bonchev–Trinajstić information content (AvgIpc) is 3.03. The van der Waals surface area contributed by atoms with E-state index >= 15 is 0 Å². The number of aromatic nitrogens is 1. The molecule has 0 saturated carbocycles. The molecule has 128 valence electrons. The Labute approximate surface area is 143 Å². The minimum absolute atomic E-state index is 0.0787. The minimum atomic E-state index is -0.510. The number of carbonyl (C=O) groups excluding carboxylic acids is 1. The topological polar surface area (TPSA) is 94.4 Å². The number of nitro benzene ring substituents is 1. The van der Waals surface area contributed by atoms with E-state index < -0.39 is 4.92 Å². The summed E-state index contributed by atoms with van der Waals surface area (Å²) in [5.74, 6) is 0.319. The van der Waals surface area contributed by atoms with Crippen molar-refractivity contribution in [3.63, 3.8) is 0 Å². The van der Waals surface area contributed by atoms with E-state index in [2.05, 4.69) is 24.1 Å². The van der Waals surface area contributed by atoms with Crippen LogP contribution in [0.4, 0.5) is 5.69 Å². The molecule has 0 bridgehead atoms. The Morgan fingerprint density at radius 3 is 2.79 bits per heavy atom. The number of non-ortho nitro benzene ring substituents is 1. The van der Waals surface area contributed by atoms with Crippen molar-refractivity contribution >= 4 is 22.9 Å². The first-order chi connectivity index (χ1) is 11.4. The third-order valence-corrected chi connectivity index (χ3v) is 4.42. The molecule has 7 nitrogen and oxygen atoms in total. The van der Waals surface area contributed by atoms with E-state index in [0.29, 0.717) is 5.92 Å². The standard InChI is InChI=1S/C16H19N3O4S/c1-10(2)16-18-14(9-24-16)11(3)17-15(20)8-23-13-6-4-5-12(7-13)19(21)22/h4-7,9-11H,8H2,1-3H3,(H,17,20)/t11-/m0/s1. The number of benzene rings is 1. The van der Waals surface area contributed by atoms with Crippen LogP contribution < -0.4 is 10.1 Å². The number of carbonyl (C=O) groups is 1. The van der Waals surface area contributed by atoms with E-state index in [0.717, 1.165) is 10.7 Å². The molecule has 0 saturated heterocycles. The van der Waals surface area contributed by atoms with Crippen molar-refractivity contribution in [2.75, 3.05) is 6.61 Å². The lowest BCUT2D eigenvalue weighted by atomic mass is 10.2. The van der Waals surface area contributed by atoms with Gasteiger partial charge in [0.15, 0.2) is 6.61 Å².